The molecule has 0 unspecified atom stereocenters. The first-order valence-corrected chi connectivity index (χ1v) is 11.9. The van der Waals surface area contributed by atoms with Crippen molar-refractivity contribution in [2.75, 3.05) is 4.90 Å². The van der Waals surface area contributed by atoms with Crippen molar-refractivity contribution in [1.29, 1.82) is 0 Å². The highest BCUT2D eigenvalue weighted by Gasteiger charge is 2.45. The van der Waals surface area contributed by atoms with Gasteiger partial charge in [0.05, 0.1) is 17.3 Å². The highest BCUT2D eigenvalue weighted by atomic mass is 35.5. The Kier molecular flexibility index (Phi) is 8.81. The van der Waals surface area contributed by atoms with Gasteiger partial charge in [0.25, 0.3) is 11.8 Å². The molecule has 0 spiro atoms. The number of carbonyl (C=O) groups excluding carboxylic acids is 3. The minimum absolute atomic E-state index is 0.0199. The number of ether oxygens (including phenoxy) is 1. The Labute approximate surface area is 244 Å². The van der Waals surface area contributed by atoms with Gasteiger partial charge in [0.15, 0.2) is 5.82 Å². The number of alkyl halides is 9. The zero-order chi connectivity index (χ0) is 32.9. The molecule has 2 amide bonds. The number of hydrogen-bond acceptors (Lipinski definition) is 7. The summed E-state index contributed by atoms with van der Waals surface area (Å²) in [5, 5.41) is 0.770. The van der Waals surface area contributed by atoms with Crippen molar-refractivity contribution < 1.29 is 58.6 Å². The highest BCUT2D eigenvalue weighted by molar-refractivity contribution is 6.38. The fraction of sp³-hybridized carbons (Fsp3) is 0.304. The number of nitrogens with zero attached hydrogens (tertiary/aromatic N) is 5. The third-order valence-corrected chi connectivity index (χ3v) is 5.55. The highest BCUT2D eigenvalue weighted by Crippen LogP contribution is 2.39. The number of aromatic nitrogens is 4. The van der Waals surface area contributed by atoms with E-state index in [1.165, 1.54) is 20.8 Å². The molecular formula is C23H14Cl2F9N5O4. The average Bonchev–Trinajstić information content (AvgIpc) is 3.27. The summed E-state index contributed by atoms with van der Waals surface area (Å²) in [5.74, 6) is -5.49. The van der Waals surface area contributed by atoms with Gasteiger partial charge < -0.3 is 4.74 Å². The lowest BCUT2D eigenvalue weighted by Crippen LogP contribution is -2.42. The number of halogens is 11. The Balaban J connectivity index is 2.36. The Hall–Kier alpha value is -3.93. The van der Waals surface area contributed by atoms with Gasteiger partial charge in [0, 0.05) is 0 Å². The van der Waals surface area contributed by atoms with Gasteiger partial charge in [-0.25, -0.2) is 19.7 Å². The molecule has 9 nitrogen and oxygen atoms in total. The maximum Gasteiger partial charge on any atom is 0.437 e. The van der Waals surface area contributed by atoms with Gasteiger partial charge in [-0.15, -0.1) is 4.68 Å². The van der Waals surface area contributed by atoms with Gasteiger partial charge in [-0.05, 0) is 45.0 Å². The van der Waals surface area contributed by atoms with E-state index in [0.29, 0.717) is 12.1 Å². The van der Waals surface area contributed by atoms with Crippen molar-refractivity contribution in [2.24, 2.45) is 0 Å². The molecule has 0 aliphatic carbocycles. The minimum atomic E-state index is -5.46. The summed E-state index contributed by atoms with van der Waals surface area (Å²) in [7, 11) is 0. The summed E-state index contributed by atoms with van der Waals surface area (Å²) in [5.41, 5.74) is -8.74. The van der Waals surface area contributed by atoms with E-state index < -0.39 is 91.1 Å². The Morgan fingerprint density at radius 1 is 0.744 bits per heavy atom. The van der Waals surface area contributed by atoms with Crippen LogP contribution in [0.4, 0.5) is 50.1 Å². The van der Waals surface area contributed by atoms with Gasteiger partial charge in [0.2, 0.25) is 0 Å². The number of amides is 2. The molecule has 3 heterocycles. The lowest BCUT2D eigenvalue weighted by atomic mass is 10.1. The summed E-state index contributed by atoms with van der Waals surface area (Å²) < 4.78 is 126. The summed E-state index contributed by atoms with van der Waals surface area (Å²) in [6.45, 7) is 3.90. The predicted molar refractivity (Wildman–Crippen MR) is 128 cm³/mol. The van der Waals surface area contributed by atoms with Gasteiger partial charge >= 0.3 is 24.6 Å². The van der Waals surface area contributed by atoms with Crippen LogP contribution in [-0.4, -0.2) is 43.3 Å². The van der Waals surface area contributed by atoms with E-state index >= 15 is 0 Å². The number of hydrogen-bond donors (Lipinski definition) is 0. The first-order valence-electron chi connectivity index (χ1n) is 11.2. The van der Waals surface area contributed by atoms with Crippen LogP contribution in [0.15, 0.2) is 30.5 Å². The van der Waals surface area contributed by atoms with Gasteiger partial charge in [0.1, 0.15) is 32.9 Å². The van der Waals surface area contributed by atoms with E-state index in [1.807, 2.05) is 0 Å². The van der Waals surface area contributed by atoms with Crippen LogP contribution in [0.1, 0.15) is 58.4 Å². The smallest absolute Gasteiger partial charge is 0.437 e. The van der Waals surface area contributed by atoms with Crippen molar-refractivity contribution >= 4 is 46.9 Å². The zero-order valence-corrected chi connectivity index (χ0v) is 22.9. The van der Waals surface area contributed by atoms with Crippen molar-refractivity contribution in [3.05, 3.63) is 68.8 Å². The van der Waals surface area contributed by atoms with Gasteiger partial charge in [-0.2, -0.15) is 44.6 Å². The zero-order valence-electron chi connectivity index (χ0n) is 21.4. The van der Waals surface area contributed by atoms with E-state index in [4.69, 9.17) is 27.9 Å². The molecular weight excluding hydrogens is 652 g/mol. The molecule has 0 aromatic carbocycles. The first-order chi connectivity index (χ1) is 19.4. The van der Waals surface area contributed by atoms with E-state index in [-0.39, 0.29) is 23.0 Å². The van der Waals surface area contributed by atoms with E-state index in [1.54, 1.807) is 0 Å². The van der Waals surface area contributed by atoms with Crippen LogP contribution in [0.2, 0.25) is 10.3 Å². The fourth-order valence-electron chi connectivity index (χ4n) is 3.22. The maximum atomic E-state index is 14.1. The van der Waals surface area contributed by atoms with Gasteiger partial charge in [-0.1, -0.05) is 23.2 Å². The van der Waals surface area contributed by atoms with Crippen LogP contribution in [0.25, 0.3) is 0 Å². The average molecular weight is 666 g/mol. The van der Waals surface area contributed by atoms with Crippen molar-refractivity contribution in [3.8, 4) is 0 Å². The third-order valence-electron chi connectivity index (χ3n) is 4.97. The molecule has 20 heteroatoms. The van der Waals surface area contributed by atoms with Crippen molar-refractivity contribution in [2.45, 2.75) is 44.9 Å². The molecule has 232 valence electrons. The van der Waals surface area contributed by atoms with E-state index in [0.717, 1.165) is 0 Å². The van der Waals surface area contributed by atoms with Crippen LogP contribution >= 0.6 is 23.2 Å². The molecule has 0 saturated carbocycles. The molecule has 0 saturated heterocycles. The molecule has 0 bridgehead atoms. The van der Waals surface area contributed by atoms with Crippen LogP contribution in [-0.2, 0) is 23.3 Å². The molecule has 0 aliphatic heterocycles. The molecule has 0 atom stereocenters. The molecule has 0 aliphatic rings. The molecule has 0 radical (unpaired) electrons. The second kappa shape index (κ2) is 11.3. The Morgan fingerprint density at radius 3 is 1.49 bits per heavy atom. The largest absolute Gasteiger partial charge is 0.442 e. The third kappa shape index (κ3) is 7.35. The Morgan fingerprint density at radius 2 is 1.16 bits per heavy atom. The van der Waals surface area contributed by atoms with Crippen molar-refractivity contribution in [1.82, 2.24) is 19.7 Å². The number of carbonyl (C=O) groups is 3. The van der Waals surface area contributed by atoms with Crippen LogP contribution in [0.5, 0.6) is 0 Å². The second-order valence-corrected chi connectivity index (χ2v) is 10.00. The lowest BCUT2D eigenvalue weighted by molar-refractivity contribution is -0.141. The monoisotopic (exact) mass is 665 g/mol. The first kappa shape index (κ1) is 33.6. The lowest BCUT2D eigenvalue weighted by Gasteiger charge is -2.25. The number of anilines is 1. The fourth-order valence-corrected chi connectivity index (χ4v) is 3.69. The topological polar surface area (TPSA) is 107 Å². The molecule has 0 N–H and O–H groups in total. The number of pyridine rings is 2. The quantitative estimate of drug-likeness (QED) is 0.164. The van der Waals surface area contributed by atoms with Gasteiger partial charge in [-0.3, -0.25) is 9.59 Å². The van der Waals surface area contributed by atoms with Crippen LogP contribution in [0.3, 0.4) is 0 Å². The summed E-state index contributed by atoms with van der Waals surface area (Å²) in [4.78, 5) is 45.6. The molecule has 0 fully saturated rings. The summed E-state index contributed by atoms with van der Waals surface area (Å²) >= 11 is 11.5. The maximum absolute atomic E-state index is 14.1. The molecule has 3 aromatic rings. The number of imide groups is 1. The second-order valence-electron chi connectivity index (χ2n) is 9.28. The predicted octanol–water partition coefficient (Wildman–Crippen LogP) is 7.31. The molecule has 43 heavy (non-hydrogen) atoms. The SMILES string of the molecule is CC(C)(C)OC(=O)n1ncc(C(F)(F)F)c1N(C(=O)c1ccc(C(F)(F)F)nc1Cl)C(=O)c1ccc(C(F)(F)F)nc1Cl. The van der Waals surface area contributed by atoms with Crippen LogP contribution < -0.4 is 4.90 Å². The minimum Gasteiger partial charge on any atom is -0.442 e. The standard InChI is InChI=1S/C23H14Cl2F9N5O4/c1-20(2,3)43-19(42)39-16(11(8-35-39)21(26,27)28)38(17(40)9-4-6-12(22(29,30)31)36-14(9)24)18(41)10-5-7-13(23(32,33)34)37-15(10)25/h4-8H,1-3H3. The van der Waals surface area contributed by atoms with Crippen molar-refractivity contribution in [3.63, 3.8) is 0 Å². The summed E-state index contributed by atoms with van der Waals surface area (Å²) in [6.07, 6.45) is -17.3. The number of rotatable bonds is 3. The molecule has 3 aromatic heterocycles. The van der Waals surface area contributed by atoms with E-state index in [2.05, 4.69) is 15.1 Å². The Bertz CT molecular complexity index is 1520. The van der Waals surface area contributed by atoms with Crippen LogP contribution in [0, 0.1) is 0 Å². The molecule has 3 rings (SSSR count). The van der Waals surface area contributed by atoms with E-state index in [9.17, 15) is 53.9 Å². The normalized spacial score (nSPS) is 12.7. The summed E-state index contributed by atoms with van der Waals surface area (Å²) in [6, 6.07) is 1.16.